The number of nitrogens with zero attached hydrogens (tertiary/aromatic N) is 2. The minimum Gasteiger partial charge on any atom is -0.493 e. The molecule has 2 aromatic carbocycles. The topological polar surface area (TPSA) is 72.9 Å². The molecule has 7 nitrogen and oxygen atoms in total. The van der Waals surface area contributed by atoms with Gasteiger partial charge in [-0.05, 0) is 24.3 Å². The molecular formula is C22H23N3O4. The van der Waals surface area contributed by atoms with E-state index in [2.05, 4.69) is 10.3 Å². The zero-order chi connectivity index (χ0) is 20.2. The highest BCUT2D eigenvalue weighted by atomic mass is 16.5. The van der Waals surface area contributed by atoms with E-state index in [1.165, 1.54) is 0 Å². The number of likely N-dealkylation sites (tertiary alicyclic amines) is 1. The van der Waals surface area contributed by atoms with Gasteiger partial charge in [0.15, 0.2) is 11.5 Å². The average molecular weight is 393 g/mol. The average Bonchev–Trinajstić information content (AvgIpc) is 3.22. The van der Waals surface area contributed by atoms with Crippen LogP contribution in [-0.2, 0) is 0 Å². The highest BCUT2D eigenvalue weighted by molar-refractivity contribution is 5.90. The molecule has 2 amide bonds. The van der Waals surface area contributed by atoms with Gasteiger partial charge in [-0.1, -0.05) is 18.2 Å². The molecule has 0 aliphatic carbocycles. The predicted molar refractivity (Wildman–Crippen MR) is 111 cm³/mol. The zero-order valence-electron chi connectivity index (χ0n) is 16.4. The summed E-state index contributed by atoms with van der Waals surface area (Å²) in [5.74, 6) is 1.76. The Bertz CT molecular complexity index is 1020. The fourth-order valence-electron chi connectivity index (χ4n) is 3.41. The van der Waals surface area contributed by atoms with Gasteiger partial charge in [0.05, 0.1) is 26.3 Å². The first-order valence-corrected chi connectivity index (χ1v) is 9.46. The molecule has 4 rings (SSSR count). The number of amides is 2. The number of benzene rings is 2. The number of fused-ring (bicyclic) bond motifs is 1. The molecule has 1 saturated heterocycles. The smallest absolute Gasteiger partial charge is 0.321 e. The lowest BCUT2D eigenvalue weighted by atomic mass is 10.2. The Morgan fingerprint density at radius 3 is 2.72 bits per heavy atom. The Morgan fingerprint density at radius 2 is 1.90 bits per heavy atom. The van der Waals surface area contributed by atoms with Gasteiger partial charge in [0, 0.05) is 36.2 Å². The largest absolute Gasteiger partial charge is 0.493 e. The van der Waals surface area contributed by atoms with E-state index in [-0.39, 0.29) is 12.1 Å². The van der Waals surface area contributed by atoms with Crippen molar-refractivity contribution in [1.29, 1.82) is 0 Å². The van der Waals surface area contributed by atoms with Crippen molar-refractivity contribution in [1.82, 2.24) is 9.88 Å². The summed E-state index contributed by atoms with van der Waals surface area (Å²) in [4.78, 5) is 18.9. The Balaban J connectivity index is 1.37. The van der Waals surface area contributed by atoms with Crippen molar-refractivity contribution >= 4 is 22.6 Å². The number of hydrogen-bond donors (Lipinski definition) is 1. The maximum atomic E-state index is 12.6. The molecule has 0 bridgehead atoms. The van der Waals surface area contributed by atoms with Gasteiger partial charge in [0.25, 0.3) is 0 Å². The summed E-state index contributed by atoms with van der Waals surface area (Å²) >= 11 is 0. The van der Waals surface area contributed by atoms with Crippen molar-refractivity contribution in [3.05, 3.63) is 54.6 Å². The van der Waals surface area contributed by atoms with Crippen LogP contribution in [0.4, 0.5) is 10.5 Å². The van der Waals surface area contributed by atoms with Gasteiger partial charge in [-0.15, -0.1) is 0 Å². The number of methoxy groups -OCH3 is 2. The van der Waals surface area contributed by atoms with Crippen LogP contribution in [0.1, 0.15) is 6.42 Å². The van der Waals surface area contributed by atoms with Crippen LogP contribution < -0.4 is 19.5 Å². The van der Waals surface area contributed by atoms with E-state index >= 15 is 0 Å². The standard InChI is InChI=1S/C22H23N3O4/c1-27-19-9-8-16(13-20(19)28-2)23-22(26)25-12-11-17(14-25)29-21-10-7-15-5-3-4-6-18(15)24-21/h3-10,13,17H,11-12,14H2,1-2H3,(H,23,26). The number of para-hydroxylation sites is 1. The summed E-state index contributed by atoms with van der Waals surface area (Å²) in [6.45, 7) is 1.13. The molecule has 1 aliphatic heterocycles. The number of pyridine rings is 1. The Kier molecular flexibility index (Phi) is 5.37. The first-order chi connectivity index (χ1) is 14.2. The second-order valence-electron chi connectivity index (χ2n) is 6.82. The van der Waals surface area contributed by atoms with Crippen LogP contribution in [0.25, 0.3) is 10.9 Å². The minimum atomic E-state index is -0.171. The Hall–Kier alpha value is -3.48. The third-order valence-electron chi connectivity index (χ3n) is 4.93. The highest BCUT2D eigenvalue weighted by Gasteiger charge is 2.28. The molecule has 150 valence electrons. The SMILES string of the molecule is COc1ccc(NC(=O)N2CCC(Oc3ccc4ccccc4n3)C2)cc1OC. The van der Waals surface area contributed by atoms with Gasteiger partial charge in [-0.25, -0.2) is 9.78 Å². The fraction of sp³-hybridized carbons (Fsp3) is 0.273. The van der Waals surface area contributed by atoms with Crippen molar-refractivity contribution in [2.24, 2.45) is 0 Å². The van der Waals surface area contributed by atoms with E-state index in [0.717, 1.165) is 17.3 Å². The van der Waals surface area contributed by atoms with Crippen LogP contribution in [0.15, 0.2) is 54.6 Å². The van der Waals surface area contributed by atoms with E-state index in [9.17, 15) is 4.79 Å². The number of ether oxygens (including phenoxy) is 3. The monoisotopic (exact) mass is 393 g/mol. The molecule has 0 radical (unpaired) electrons. The maximum absolute atomic E-state index is 12.6. The normalized spacial score (nSPS) is 15.9. The summed E-state index contributed by atoms with van der Waals surface area (Å²) in [5.41, 5.74) is 1.54. The van der Waals surface area contributed by atoms with Crippen LogP contribution in [0.5, 0.6) is 17.4 Å². The number of anilines is 1. The van der Waals surface area contributed by atoms with E-state index in [0.29, 0.717) is 36.2 Å². The van der Waals surface area contributed by atoms with Gasteiger partial charge in [0.1, 0.15) is 6.10 Å². The van der Waals surface area contributed by atoms with Crippen LogP contribution in [0.3, 0.4) is 0 Å². The van der Waals surface area contributed by atoms with Crippen LogP contribution in [0.2, 0.25) is 0 Å². The van der Waals surface area contributed by atoms with Crippen molar-refractivity contribution in [3.63, 3.8) is 0 Å². The Morgan fingerprint density at radius 1 is 1.07 bits per heavy atom. The van der Waals surface area contributed by atoms with E-state index < -0.39 is 0 Å². The van der Waals surface area contributed by atoms with Crippen LogP contribution >= 0.6 is 0 Å². The van der Waals surface area contributed by atoms with Gasteiger partial charge < -0.3 is 24.4 Å². The number of rotatable bonds is 5. The van der Waals surface area contributed by atoms with Crippen molar-refractivity contribution < 1.29 is 19.0 Å². The van der Waals surface area contributed by atoms with Crippen molar-refractivity contribution in [2.45, 2.75) is 12.5 Å². The summed E-state index contributed by atoms with van der Waals surface area (Å²) in [6.07, 6.45) is 0.674. The molecule has 1 fully saturated rings. The molecular weight excluding hydrogens is 370 g/mol. The van der Waals surface area contributed by atoms with Crippen LogP contribution in [0, 0.1) is 0 Å². The quantitative estimate of drug-likeness (QED) is 0.711. The van der Waals surface area contributed by atoms with Crippen molar-refractivity contribution in [2.75, 3.05) is 32.6 Å². The van der Waals surface area contributed by atoms with E-state index in [1.54, 1.807) is 37.3 Å². The number of aromatic nitrogens is 1. The maximum Gasteiger partial charge on any atom is 0.321 e. The molecule has 2 heterocycles. The van der Waals surface area contributed by atoms with Crippen molar-refractivity contribution in [3.8, 4) is 17.4 Å². The minimum absolute atomic E-state index is 0.0835. The second-order valence-corrected chi connectivity index (χ2v) is 6.82. The summed E-state index contributed by atoms with van der Waals surface area (Å²) < 4.78 is 16.5. The molecule has 1 aromatic heterocycles. The first-order valence-electron chi connectivity index (χ1n) is 9.46. The zero-order valence-corrected chi connectivity index (χ0v) is 16.4. The second kappa shape index (κ2) is 8.26. The molecule has 1 atom stereocenters. The molecule has 1 unspecified atom stereocenters. The summed E-state index contributed by atoms with van der Waals surface area (Å²) in [5, 5.41) is 3.97. The lowest BCUT2D eigenvalue weighted by molar-refractivity contribution is 0.190. The molecule has 1 N–H and O–H groups in total. The third-order valence-corrected chi connectivity index (χ3v) is 4.93. The van der Waals surface area contributed by atoms with Gasteiger partial charge in [-0.2, -0.15) is 0 Å². The molecule has 0 spiro atoms. The number of urea groups is 1. The number of carbonyl (C=O) groups excluding carboxylic acids is 1. The van der Waals surface area contributed by atoms with E-state index in [4.69, 9.17) is 14.2 Å². The number of hydrogen-bond acceptors (Lipinski definition) is 5. The third kappa shape index (κ3) is 4.18. The lowest BCUT2D eigenvalue weighted by Crippen LogP contribution is -2.34. The molecule has 0 saturated carbocycles. The Labute approximate surface area is 169 Å². The highest BCUT2D eigenvalue weighted by Crippen LogP contribution is 2.30. The molecule has 1 aliphatic rings. The molecule has 3 aromatic rings. The fourth-order valence-corrected chi connectivity index (χ4v) is 3.41. The first kappa shape index (κ1) is 18.9. The van der Waals surface area contributed by atoms with E-state index in [1.807, 2.05) is 36.4 Å². The van der Waals surface area contributed by atoms with Gasteiger partial charge in [-0.3, -0.25) is 0 Å². The van der Waals surface area contributed by atoms with Gasteiger partial charge >= 0.3 is 6.03 Å². The molecule has 29 heavy (non-hydrogen) atoms. The predicted octanol–water partition coefficient (Wildman–Crippen LogP) is 3.94. The molecule has 7 heteroatoms. The lowest BCUT2D eigenvalue weighted by Gasteiger charge is -2.18. The number of carbonyl (C=O) groups is 1. The number of nitrogens with one attached hydrogen (secondary N) is 1. The van der Waals surface area contributed by atoms with Crippen LogP contribution in [-0.4, -0.2) is 49.3 Å². The summed E-state index contributed by atoms with van der Waals surface area (Å²) in [7, 11) is 3.14. The summed E-state index contributed by atoms with van der Waals surface area (Å²) in [6, 6.07) is 16.9. The van der Waals surface area contributed by atoms with Gasteiger partial charge in [0.2, 0.25) is 5.88 Å².